The van der Waals surface area contributed by atoms with Crippen molar-refractivity contribution in [3.8, 4) is 0 Å². The number of carboxylic acids is 1. The van der Waals surface area contributed by atoms with Gasteiger partial charge in [-0.15, -0.1) is 0 Å². The van der Waals surface area contributed by atoms with Crippen molar-refractivity contribution in [2.24, 2.45) is 17.3 Å². The van der Waals surface area contributed by atoms with E-state index >= 15 is 0 Å². The number of hydrogen-bond acceptors (Lipinski definition) is 4. The first kappa shape index (κ1) is 27.1. The minimum Gasteiger partial charge on any atom is -0.477 e. The summed E-state index contributed by atoms with van der Waals surface area (Å²) in [6, 6.07) is 0. The maximum Gasteiger partial charge on any atom is 0.364 e. The summed E-state index contributed by atoms with van der Waals surface area (Å²) >= 11 is 0. The summed E-state index contributed by atoms with van der Waals surface area (Å²) in [5.74, 6) is -2.71. The molecule has 5 nitrogen and oxygen atoms in total. The Morgan fingerprint density at radius 3 is 2.43 bits per heavy atom. The molecule has 0 radical (unpaired) electrons. The number of carbonyl (C=O) groups is 1. The largest absolute Gasteiger partial charge is 0.477 e. The van der Waals surface area contributed by atoms with Crippen LogP contribution in [0.4, 0.5) is 0 Å². The maximum atomic E-state index is 11.3. The normalized spacial score (nSPS) is 24.6. The second-order valence-corrected chi connectivity index (χ2v) is 10.2. The average molecular weight is 427 g/mol. The molecular weight excluding hydrogens is 380 g/mol. The number of ether oxygens (including phenoxy) is 1. The van der Waals surface area contributed by atoms with Crippen LogP contribution in [0.3, 0.4) is 0 Å². The highest BCUT2D eigenvalue weighted by Gasteiger charge is 2.38. The third-order valence-electron chi connectivity index (χ3n) is 6.42. The maximum absolute atomic E-state index is 11.3. The number of hydrogen-bond donors (Lipinski definition) is 3. The summed E-state index contributed by atoms with van der Waals surface area (Å²) < 4.78 is 5.22. The number of aliphatic hydroxyl groups is 2. The first-order valence-electron chi connectivity index (χ1n) is 12.0. The fraction of sp³-hybridized carbons (Fsp3) is 0.880. The fourth-order valence-electron chi connectivity index (χ4n) is 4.57. The quantitative estimate of drug-likeness (QED) is 0.178. The van der Waals surface area contributed by atoms with E-state index in [2.05, 4.69) is 32.9 Å². The topological polar surface area (TPSA) is 87.0 Å². The van der Waals surface area contributed by atoms with E-state index in [-0.39, 0.29) is 24.5 Å². The van der Waals surface area contributed by atoms with Gasteiger partial charge >= 0.3 is 5.97 Å². The van der Waals surface area contributed by atoms with Crippen molar-refractivity contribution in [2.45, 2.75) is 123 Å². The van der Waals surface area contributed by atoms with Gasteiger partial charge in [-0.3, -0.25) is 0 Å². The molecule has 5 heteroatoms. The van der Waals surface area contributed by atoms with E-state index in [4.69, 9.17) is 4.74 Å². The molecule has 0 amide bonds. The molecule has 1 unspecified atom stereocenters. The number of aliphatic hydroxyl groups excluding tert-OH is 1. The molecule has 0 spiro atoms. The molecule has 0 aromatic rings. The van der Waals surface area contributed by atoms with Crippen molar-refractivity contribution in [3.63, 3.8) is 0 Å². The first-order chi connectivity index (χ1) is 14.0. The van der Waals surface area contributed by atoms with E-state index in [9.17, 15) is 20.1 Å². The predicted octanol–water partition coefficient (Wildman–Crippen LogP) is 5.68. The SMILES string of the molecule is CCCCC(C)(C)CC=C[C@H]1CC[C@H](O)[C@@H]1CCCCCC(O)(OC(C)C)C(=O)O. The van der Waals surface area contributed by atoms with Gasteiger partial charge in [0.1, 0.15) is 0 Å². The van der Waals surface area contributed by atoms with E-state index in [1.165, 1.54) is 19.3 Å². The molecule has 0 saturated heterocycles. The molecular formula is C25H46O5. The zero-order valence-corrected chi connectivity index (χ0v) is 19.9. The van der Waals surface area contributed by atoms with Crippen molar-refractivity contribution >= 4 is 5.97 Å². The Kier molecular flexibility index (Phi) is 11.6. The van der Waals surface area contributed by atoms with E-state index in [1.54, 1.807) is 13.8 Å². The van der Waals surface area contributed by atoms with E-state index in [1.807, 2.05) is 0 Å². The zero-order valence-electron chi connectivity index (χ0n) is 19.9. The highest BCUT2D eigenvalue weighted by molar-refractivity contribution is 5.75. The number of carboxylic acid groups (broad SMARTS) is 1. The van der Waals surface area contributed by atoms with Gasteiger partial charge in [0.15, 0.2) is 0 Å². The van der Waals surface area contributed by atoms with Gasteiger partial charge in [0.2, 0.25) is 0 Å². The van der Waals surface area contributed by atoms with Gasteiger partial charge in [0.25, 0.3) is 5.79 Å². The molecule has 1 saturated carbocycles. The van der Waals surface area contributed by atoms with Gasteiger partial charge in [-0.25, -0.2) is 4.79 Å². The summed E-state index contributed by atoms with van der Waals surface area (Å²) in [6.45, 7) is 10.3. The molecule has 0 bridgehead atoms. The molecule has 0 heterocycles. The number of allylic oxidation sites excluding steroid dienone is 2. The minimum absolute atomic E-state index is 0.0872. The second-order valence-electron chi connectivity index (χ2n) is 10.2. The van der Waals surface area contributed by atoms with Crippen LogP contribution in [-0.2, 0) is 9.53 Å². The van der Waals surface area contributed by atoms with Crippen LogP contribution in [-0.4, -0.2) is 39.3 Å². The Morgan fingerprint density at radius 2 is 1.83 bits per heavy atom. The Bertz CT molecular complexity index is 528. The molecule has 0 aromatic carbocycles. The van der Waals surface area contributed by atoms with Gasteiger partial charge in [0.05, 0.1) is 12.2 Å². The van der Waals surface area contributed by atoms with Crippen molar-refractivity contribution in [1.29, 1.82) is 0 Å². The fourth-order valence-corrected chi connectivity index (χ4v) is 4.57. The molecule has 1 fully saturated rings. The molecule has 1 rings (SSSR count). The third-order valence-corrected chi connectivity index (χ3v) is 6.42. The number of unbranched alkanes of at least 4 members (excludes halogenated alkanes) is 3. The monoisotopic (exact) mass is 426 g/mol. The Labute approximate surface area is 183 Å². The van der Waals surface area contributed by atoms with Crippen LogP contribution >= 0.6 is 0 Å². The first-order valence-corrected chi connectivity index (χ1v) is 12.0. The lowest BCUT2D eigenvalue weighted by molar-refractivity contribution is -0.238. The second kappa shape index (κ2) is 12.8. The Morgan fingerprint density at radius 1 is 1.13 bits per heavy atom. The molecule has 3 N–H and O–H groups in total. The van der Waals surface area contributed by atoms with Crippen LogP contribution in [0.25, 0.3) is 0 Å². The highest BCUT2D eigenvalue weighted by atomic mass is 16.7. The van der Waals surface area contributed by atoms with Crippen LogP contribution in [0.5, 0.6) is 0 Å². The lowest BCUT2D eigenvalue weighted by Gasteiger charge is -2.26. The van der Waals surface area contributed by atoms with Gasteiger partial charge in [-0.1, -0.05) is 58.6 Å². The summed E-state index contributed by atoms with van der Waals surface area (Å²) in [4.78, 5) is 11.3. The predicted molar refractivity (Wildman–Crippen MR) is 121 cm³/mol. The van der Waals surface area contributed by atoms with Crippen LogP contribution < -0.4 is 0 Å². The molecule has 1 aliphatic rings. The Hall–Kier alpha value is -0.910. The summed E-state index contributed by atoms with van der Waals surface area (Å²) in [5, 5.41) is 29.9. The van der Waals surface area contributed by atoms with Gasteiger partial charge in [0, 0.05) is 6.42 Å². The molecule has 0 aliphatic heterocycles. The lowest BCUT2D eigenvalue weighted by Crippen LogP contribution is -2.43. The molecule has 0 aromatic heterocycles. The summed E-state index contributed by atoms with van der Waals surface area (Å²) in [5.41, 5.74) is 0.332. The van der Waals surface area contributed by atoms with Gasteiger partial charge < -0.3 is 20.1 Å². The van der Waals surface area contributed by atoms with Gasteiger partial charge in [-0.05, 0) is 69.6 Å². The van der Waals surface area contributed by atoms with E-state index in [0.29, 0.717) is 17.8 Å². The van der Waals surface area contributed by atoms with Crippen LogP contribution in [0, 0.1) is 17.3 Å². The molecule has 4 atom stereocenters. The highest BCUT2D eigenvalue weighted by Crippen LogP contribution is 2.37. The lowest BCUT2D eigenvalue weighted by atomic mass is 9.82. The van der Waals surface area contributed by atoms with E-state index in [0.717, 1.165) is 38.5 Å². The van der Waals surface area contributed by atoms with Crippen LogP contribution in [0.1, 0.15) is 105 Å². The average Bonchev–Trinajstić information content (AvgIpc) is 2.99. The van der Waals surface area contributed by atoms with Crippen LogP contribution in [0.2, 0.25) is 0 Å². The Balaban J connectivity index is 2.44. The van der Waals surface area contributed by atoms with Crippen molar-refractivity contribution in [1.82, 2.24) is 0 Å². The smallest absolute Gasteiger partial charge is 0.364 e. The standard InChI is InChI=1S/C25H46O5/c1-6-7-16-24(4,5)17-11-12-20-14-15-22(26)21(20)13-9-8-10-18-25(29,23(27)28)30-19(2)3/h11-12,19-22,26,29H,6-10,13-18H2,1-5H3,(H,27,28)/t20-,21+,22-,25?/m0/s1. The van der Waals surface area contributed by atoms with Gasteiger partial charge in [-0.2, -0.15) is 0 Å². The summed E-state index contributed by atoms with van der Waals surface area (Å²) in [7, 11) is 0. The van der Waals surface area contributed by atoms with Crippen molar-refractivity contribution in [3.05, 3.63) is 12.2 Å². The third kappa shape index (κ3) is 9.49. The van der Waals surface area contributed by atoms with Crippen molar-refractivity contribution < 1.29 is 24.9 Å². The number of aliphatic carboxylic acids is 1. The molecule has 176 valence electrons. The number of rotatable bonds is 15. The van der Waals surface area contributed by atoms with E-state index < -0.39 is 11.8 Å². The summed E-state index contributed by atoms with van der Waals surface area (Å²) in [6.07, 6.45) is 14.1. The zero-order chi connectivity index (χ0) is 22.8. The van der Waals surface area contributed by atoms with Crippen molar-refractivity contribution in [2.75, 3.05) is 0 Å². The molecule has 1 aliphatic carbocycles. The minimum atomic E-state index is -2.10. The van der Waals surface area contributed by atoms with Crippen LogP contribution in [0.15, 0.2) is 12.2 Å². The molecule has 30 heavy (non-hydrogen) atoms.